The second-order valence-electron chi connectivity index (χ2n) is 4.65. The lowest BCUT2D eigenvalue weighted by molar-refractivity contribution is -0.116. The number of anilines is 1. The SMILES string of the molecule is CC(=O)c1cccc(NC(=O)C[C@H]2C=CCC2)c1. The van der Waals surface area contributed by atoms with Gasteiger partial charge in [0.15, 0.2) is 5.78 Å². The number of ketones is 1. The van der Waals surface area contributed by atoms with Crippen LogP contribution in [0.4, 0.5) is 5.69 Å². The van der Waals surface area contributed by atoms with E-state index in [1.54, 1.807) is 24.3 Å². The third-order valence-electron chi connectivity index (χ3n) is 3.11. The average molecular weight is 243 g/mol. The Balaban J connectivity index is 1.95. The zero-order chi connectivity index (χ0) is 13.0. The highest BCUT2D eigenvalue weighted by Gasteiger charge is 2.14. The van der Waals surface area contributed by atoms with Crippen molar-refractivity contribution in [3.63, 3.8) is 0 Å². The van der Waals surface area contributed by atoms with Crippen LogP contribution in [0.15, 0.2) is 36.4 Å². The molecule has 0 saturated heterocycles. The van der Waals surface area contributed by atoms with Gasteiger partial charge in [0, 0.05) is 17.7 Å². The van der Waals surface area contributed by atoms with Gasteiger partial charge >= 0.3 is 0 Å². The van der Waals surface area contributed by atoms with Gasteiger partial charge in [-0.3, -0.25) is 9.59 Å². The summed E-state index contributed by atoms with van der Waals surface area (Å²) in [6, 6.07) is 7.04. The van der Waals surface area contributed by atoms with Crippen LogP contribution in [-0.4, -0.2) is 11.7 Å². The van der Waals surface area contributed by atoms with Crippen LogP contribution in [0.1, 0.15) is 36.5 Å². The van der Waals surface area contributed by atoms with Gasteiger partial charge in [-0.2, -0.15) is 0 Å². The maximum Gasteiger partial charge on any atom is 0.224 e. The number of carbonyl (C=O) groups excluding carboxylic acids is 2. The molecular formula is C15H17NO2. The summed E-state index contributed by atoms with van der Waals surface area (Å²) in [7, 11) is 0. The molecule has 1 aliphatic rings. The van der Waals surface area contributed by atoms with Gasteiger partial charge in [0.1, 0.15) is 0 Å². The van der Waals surface area contributed by atoms with Crippen LogP contribution in [0.3, 0.4) is 0 Å². The summed E-state index contributed by atoms with van der Waals surface area (Å²) in [6.07, 6.45) is 6.86. The van der Waals surface area contributed by atoms with E-state index in [-0.39, 0.29) is 11.7 Å². The molecule has 0 aliphatic heterocycles. The van der Waals surface area contributed by atoms with Crippen molar-refractivity contribution in [1.82, 2.24) is 0 Å². The van der Waals surface area contributed by atoms with E-state index in [1.807, 2.05) is 0 Å². The van der Waals surface area contributed by atoms with Crippen LogP contribution in [0.2, 0.25) is 0 Å². The minimum Gasteiger partial charge on any atom is -0.326 e. The first kappa shape index (κ1) is 12.6. The zero-order valence-electron chi connectivity index (χ0n) is 10.5. The van der Waals surface area contributed by atoms with E-state index in [0.29, 0.717) is 23.6 Å². The molecule has 0 saturated carbocycles. The van der Waals surface area contributed by atoms with Crippen LogP contribution in [0, 0.1) is 5.92 Å². The first-order valence-corrected chi connectivity index (χ1v) is 6.22. The van der Waals surface area contributed by atoms with Crippen molar-refractivity contribution in [2.75, 3.05) is 5.32 Å². The summed E-state index contributed by atoms with van der Waals surface area (Å²) in [6.45, 7) is 1.52. The molecule has 0 spiro atoms. The second kappa shape index (κ2) is 5.63. The van der Waals surface area contributed by atoms with Crippen molar-refractivity contribution < 1.29 is 9.59 Å². The standard InChI is InChI=1S/C15H17NO2/c1-11(17)13-7-4-8-14(10-13)16-15(18)9-12-5-2-3-6-12/h2,4-5,7-8,10,12H,3,6,9H2,1H3,(H,16,18)/t12-/m0/s1. The summed E-state index contributed by atoms with van der Waals surface area (Å²) in [4.78, 5) is 23.1. The molecule has 3 heteroatoms. The van der Waals surface area contributed by atoms with Crippen LogP contribution in [0.5, 0.6) is 0 Å². The van der Waals surface area contributed by atoms with Gasteiger partial charge in [-0.05, 0) is 37.8 Å². The molecule has 3 nitrogen and oxygen atoms in total. The quantitative estimate of drug-likeness (QED) is 0.652. The highest BCUT2D eigenvalue weighted by Crippen LogP contribution is 2.21. The molecule has 0 fully saturated rings. The first-order valence-electron chi connectivity index (χ1n) is 6.22. The van der Waals surface area contributed by atoms with E-state index in [4.69, 9.17) is 0 Å². The Hall–Kier alpha value is -1.90. The number of benzene rings is 1. The Kier molecular flexibility index (Phi) is 3.92. The van der Waals surface area contributed by atoms with Crippen molar-refractivity contribution >= 4 is 17.4 Å². The molecule has 1 aromatic carbocycles. The monoisotopic (exact) mass is 243 g/mol. The molecule has 1 N–H and O–H groups in total. The van der Waals surface area contributed by atoms with Crippen molar-refractivity contribution in [3.8, 4) is 0 Å². The number of allylic oxidation sites excluding steroid dienone is 2. The Morgan fingerprint density at radius 1 is 1.39 bits per heavy atom. The highest BCUT2D eigenvalue weighted by molar-refractivity contribution is 5.97. The molecule has 1 aromatic rings. The summed E-state index contributed by atoms with van der Waals surface area (Å²) >= 11 is 0. The van der Waals surface area contributed by atoms with Gasteiger partial charge in [0.2, 0.25) is 5.91 Å². The average Bonchev–Trinajstić information content (AvgIpc) is 2.82. The Morgan fingerprint density at radius 3 is 2.89 bits per heavy atom. The third-order valence-corrected chi connectivity index (χ3v) is 3.11. The number of carbonyl (C=O) groups is 2. The predicted molar refractivity (Wildman–Crippen MR) is 71.6 cm³/mol. The number of nitrogens with one attached hydrogen (secondary N) is 1. The van der Waals surface area contributed by atoms with Crippen LogP contribution >= 0.6 is 0 Å². The van der Waals surface area contributed by atoms with Gasteiger partial charge in [0.25, 0.3) is 0 Å². The molecule has 0 aromatic heterocycles. The van der Waals surface area contributed by atoms with Gasteiger partial charge in [-0.25, -0.2) is 0 Å². The zero-order valence-corrected chi connectivity index (χ0v) is 10.5. The van der Waals surface area contributed by atoms with Gasteiger partial charge in [0.05, 0.1) is 0 Å². The maximum absolute atomic E-state index is 11.8. The molecular weight excluding hydrogens is 226 g/mol. The minimum atomic E-state index is 0.00447. The van der Waals surface area contributed by atoms with E-state index in [0.717, 1.165) is 12.8 Å². The van der Waals surface area contributed by atoms with Crippen molar-refractivity contribution in [1.29, 1.82) is 0 Å². The molecule has 0 heterocycles. The van der Waals surface area contributed by atoms with E-state index < -0.39 is 0 Å². The summed E-state index contributed by atoms with van der Waals surface area (Å²) in [5, 5.41) is 2.84. The molecule has 2 rings (SSSR count). The number of rotatable bonds is 4. The Morgan fingerprint density at radius 2 is 2.22 bits per heavy atom. The molecule has 1 aliphatic carbocycles. The third kappa shape index (κ3) is 3.29. The fourth-order valence-electron chi connectivity index (χ4n) is 2.13. The summed E-state index contributed by atoms with van der Waals surface area (Å²) in [5.41, 5.74) is 1.31. The minimum absolute atomic E-state index is 0.00447. The van der Waals surface area contributed by atoms with Crippen LogP contribution < -0.4 is 5.32 Å². The largest absolute Gasteiger partial charge is 0.326 e. The normalized spacial score (nSPS) is 17.7. The molecule has 94 valence electrons. The maximum atomic E-state index is 11.8. The van der Waals surface area contributed by atoms with Crippen LogP contribution in [0.25, 0.3) is 0 Å². The van der Waals surface area contributed by atoms with E-state index in [2.05, 4.69) is 17.5 Å². The lowest BCUT2D eigenvalue weighted by Gasteiger charge is -2.09. The second-order valence-corrected chi connectivity index (χ2v) is 4.65. The molecule has 18 heavy (non-hydrogen) atoms. The van der Waals surface area contributed by atoms with Gasteiger partial charge in [-0.15, -0.1) is 0 Å². The molecule has 0 unspecified atom stereocenters. The lowest BCUT2D eigenvalue weighted by Crippen LogP contribution is -2.15. The van der Waals surface area contributed by atoms with Crippen molar-refractivity contribution in [3.05, 3.63) is 42.0 Å². The molecule has 0 radical (unpaired) electrons. The number of hydrogen-bond acceptors (Lipinski definition) is 2. The number of amides is 1. The highest BCUT2D eigenvalue weighted by atomic mass is 16.1. The van der Waals surface area contributed by atoms with E-state index in [9.17, 15) is 9.59 Å². The van der Waals surface area contributed by atoms with Gasteiger partial charge in [-0.1, -0.05) is 24.3 Å². The van der Waals surface area contributed by atoms with Crippen molar-refractivity contribution in [2.24, 2.45) is 5.92 Å². The molecule has 1 amide bonds. The summed E-state index contributed by atoms with van der Waals surface area (Å²) in [5.74, 6) is 0.373. The topological polar surface area (TPSA) is 46.2 Å². The molecule has 0 bridgehead atoms. The predicted octanol–water partition coefficient (Wildman–Crippen LogP) is 3.18. The first-order chi connectivity index (χ1) is 8.65. The number of Topliss-reactive ketones (excluding diaryl/α,β-unsaturated/α-hetero) is 1. The van der Waals surface area contributed by atoms with E-state index in [1.165, 1.54) is 6.92 Å². The fourth-order valence-corrected chi connectivity index (χ4v) is 2.13. The Bertz CT molecular complexity index is 491. The van der Waals surface area contributed by atoms with E-state index >= 15 is 0 Å². The smallest absolute Gasteiger partial charge is 0.224 e. The Labute approximate surface area is 107 Å². The van der Waals surface area contributed by atoms with Gasteiger partial charge < -0.3 is 5.32 Å². The lowest BCUT2D eigenvalue weighted by atomic mass is 10.0. The van der Waals surface area contributed by atoms with Crippen molar-refractivity contribution in [2.45, 2.75) is 26.2 Å². The molecule has 1 atom stereocenters. The van der Waals surface area contributed by atoms with Crippen LogP contribution in [-0.2, 0) is 4.79 Å². The number of hydrogen-bond donors (Lipinski definition) is 1. The summed E-state index contributed by atoms with van der Waals surface area (Å²) < 4.78 is 0. The fraction of sp³-hybridized carbons (Fsp3) is 0.333.